The second-order valence-corrected chi connectivity index (χ2v) is 11.3. The number of likely N-dealkylation sites (tertiary alicyclic amines) is 1. The maximum atomic E-state index is 13.2. The van der Waals surface area contributed by atoms with Crippen molar-refractivity contribution in [1.29, 1.82) is 0 Å². The van der Waals surface area contributed by atoms with Crippen LogP contribution in [0.3, 0.4) is 0 Å². The molecule has 0 saturated carbocycles. The van der Waals surface area contributed by atoms with Crippen LogP contribution in [0.2, 0.25) is 5.02 Å². The first-order chi connectivity index (χ1) is 21.9. The number of fused-ring (bicyclic) bond motifs is 1. The summed E-state index contributed by atoms with van der Waals surface area (Å²) >= 11 is 6.81. The number of nitrogens with zero attached hydrogens (tertiary/aromatic N) is 4. The van der Waals surface area contributed by atoms with Gasteiger partial charge in [-0.1, -0.05) is 80.0 Å². The summed E-state index contributed by atoms with van der Waals surface area (Å²) in [7, 11) is 0. The molecule has 45 heavy (non-hydrogen) atoms. The molecule has 0 atom stereocenters. The Morgan fingerprint density at radius 2 is 1.53 bits per heavy atom. The zero-order valence-corrected chi connectivity index (χ0v) is 26.7. The van der Waals surface area contributed by atoms with Gasteiger partial charge in [0.25, 0.3) is 5.91 Å². The van der Waals surface area contributed by atoms with E-state index in [1.165, 1.54) is 11.8 Å². The molecule has 0 radical (unpaired) electrons. The molecular formula is C36H39ClN6O2. The van der Waals surface area contributed by atoms with Crippen molar-refractivity contribution in [3.05, 3.63) is 124 Å². The molecule has 0 spiro atoms. The van der Waals surface area contributed by atoms with Gasteiger partial charge in [-0.05, 0) is 55.2 Å². The molecule has 1 saturated heterocycles. The Kier molecular flexibility index (Phi) is 10.4. The van der Waals surface area contributed by atoms with Crippen LogP contribution >= 0.6 is 11.6 Å². The van der Waals surface area contributed by atoms with Crippen LogP contribution in [0.5, 0.6) is 0 Å². The number of carbonyl (C=O) groups is 2. The summed E-state index contributed by atoms with van der Waals surface area (Å²) in [5, 5.41) is 8.72. The lowest BCUT2D eigenvalue weighted by Gasteiger charge is -2.32. The third kappa shape index (κ3) is 7.14. The molecule has 3 aromatic carbocycles. The molecule has 1 amide bonds. The average Bonchev–Trinajstić information content (AvgIpc) is 3.43. The van der Waals surface area contributed by atoms with E-state index in [2.05, 4.69) is 39.5 Å². The van der Waals surface area contributed by atoms with Crippen LogP contribution < -0.4 is 11.1 Å². The van der Waals surface area contributed by atoms with E-state index < -0.39 is 0 Å². The van der Waals surface area contributed by atoms with Gasteiger partial charge >= 0.3 is 0 Å². The molecule has 5 aromatic rings. The molecule has 6 rings (SSSR count). The molecular weight excluding hydrogens is 584 g/mol. The van der Waals surface area contributed by atoms with Gasteiger partial charge < -0.3 is 11.1 Å². The highest BCUT2D eigenvalue weighted by Gasteiger charge is 2.26. The number of aromatic nitrogens is 3. The van der Waals surface area contributed by atoms with Crippen molar-refractivity contribution >= 4 is 40.0 Å². The zero-order chi connectivity index (χ0) is 31.9. The first-order valence-electron chi connectivity index (χ1n) is 15.5. The number of nitrogens with one attached hydrogen (secondary N) is 1. The third-order valence-corrected chi connectivity index (χ3v) is 8.48. The minimum atomic E-state index is -0.374. The highest BCUT2D eigenvalue weighted by Crippen LogP contribution is 2.33. The highest BCUT2D eigenvalue weighted by atomic mass is 35.5. The number of pyridine rings is 1. The van der Waals surface area contributed by atoms with Crippen molar-refractivity contribution < 1.29 is 9.59 Å². The van der Waals surface area contributed by atoms with E-state index in [0.717, 1.165) is 43.7 Å². The van der Waals surface area contributed by atoms with Crippen LogP contribution in [0.1, 0.15) is 75.8 Å². The van der Waals surface area contributed by atoms with Crippen molar-refractivity contribution in [2.75, 3.05) is 18.4 Å². The van der Waals surface area contributed by atoms with Gasteiger partial charge in [-0.2, -0.15) is 5.10 Å². The van der Waals surface area contributed by atoms with Crippen LogP contribution in [0.25, 0.3) is 11.0 Å². The SMILES string of the molecule is CC.Cc1nn(C2CCN(Cc3ccc(CN)cc3)CC2)c2ncc(C(=O)Nc3ccc(C(=O)c4ccccc4)cc3)c(Cl)c12. The number of halogens is 1. The van der Waals surface area contributed by atoms with Gasteiger partial charge in [0.2, 0.25) is 0 Å². The molecule has 0 unspecified atom stereocenters. The number of benzene rings is 3. The predicted octanol–water partition coefficient (Wildman–Crippen LogP) is 7.20. The quantitative estimate of drug-likeness (QED) is 0.177. The Labute approximate surface area is 269 Å². The van der Waals surface area contributed by atoms with Gasteiger partial charge in [0, 0.05) is 49.2 Å². The fourth-order valence-electron chi connectivity index (χ4n) is 5.67. The molecule has 232 valence electrons. The molecule has 3 N–H and O–H groups in total. The van der Waals surface area contributed by atoms with Gasteiger partial charge in [0.05, 0.1) is 27.7 Å². The highest BCUT2D eigenvalue weighted by molar-refractivity contribution is 6.39. The molecule has 0 bridgehead atoms. The largest absolute Gasteiger partial charge is 0.326 e. The zero-order valence-electron chi connectivity index (χ0n) is 26.0. The number of piperidine rings is 1. The second kappa shape index (κ2) is 14.6. The topological polar surface area (TPSA) is 106 Å². The molecule has 1 aliphatic rings. The fourth-order valence-corrected chi connectivity index (χ4v) is 6.02. The first-order valence-corrected chi connectivity index (χ1v) is 15.8. The average molecular weight is 623 g/mol. The number of ketones is 1. The summed E-state index contributed by atoms with van der Waals surface area (Å²) < 4.78 is 1.98. The number of rotatable bonds is 8. The van der Waals surface area contributed by atoms with Gasteiger partial charge in [0.15, 0.2) is 11.4 Å². The standard InChI is InChI=1S/C34H33ClN6O2.C2H6/c1-22-30-31(35)29(34(43)38-27-13-11-26(12-14-27)32(42)25-5-3-2-4-6-25)20-37-33(30)41(39-22)28-15-17-40(18-16-28)21-24-9-7-23(19-36)8-10-24;1-2/h2-14,20,28H,15-19,21,36H2,1H3,(H,38,43);1-2H3. The van der Waals surface area contributed by atoms with Gasteiger partial charge in [0.1, 0.15) is 0 Å². The van der Waals surface area contributed by atoms with Gasteiger partial charge in [-0.25, -0.2) is 9.67 Å². The fraction of sp³-hybridized carbons (Fsp3) is 0.278. The van der Waals surface area contributed by atoms with Gasteiger partial charge in [-0.3, -0.25) is 14.5 Å². The lowest BCUT2D eigenvalue weighted by atomic mass is 10.0. The van der Waals surface area contributed by atoms with E-state index in [1.54, 1.807) is 36.4 Å². The van der Waals surface area contributed by atoms with E-state index in [1.807, 2.05) is 43.7 Å². The number of nitrogens with two attached hydrogens (primary N) is 1. The summed E-state index contributed by atoms with van der Waals surface area (Å²) in [6, 6.07) is 24.6. The van der Waals surface area contributed by atoms with Crippen molar-refractivity contribution in [2.45, 2.75) is 52.7 Å². The van der Waals surface area contributed by atoms with E-state index in [4.69, 9.17) is 22.4 Å². The summed E-state index contributed by atoms with van der Waals surface area (Å²) in [4.78, 5) is 33.0. The van der Waals surface area contributed by atoms with Crippen LogP contribution in [0, 0.1) is 6.92 Å². The number of aryl methyl sites for hydroxylation is 1. The minimum Gasteiger partial charge on any atom is -0.326 e. The Morgan fingerprint density at radius 1 is 0.911 bits per heavy atom. The molecule has 1 fully saturated rings. The van der Waals surface area contributed by atoms with Crippen LogP contribution in [-0.2, 0) is 13.1 Å². The number of carbonyl (C=O) groups excluding carboxylic acids is 2. The predicted molar refractivity (Wildman–Crippen MR) is 181 cm³/mol. The van der Waals surface area contributed by atoms with E-state index in [9.17, 15) is 9.59 Å². The summed E-state index contributed by atoms with van der Waals surface area (Å²) in [5.41, 5.74) is 11.6. The van der Waals surface area contributed by atoms with Gasteiger partial charge in [-0.15, -0.1) is 0 Å². The molecule has 3 heterocycles. The van der Waals surface area contributed by atoms with Crippen molar-refractivity contribution in [3.8, 4) is 0 Å². The Hall–Kier alpha value is -4.37. The Bertz CT molecular complexity index is 1760. The number of anilines is 1. The Balaban J connectivity index is 0.00000196. The maximum Gasteiger partial charge on any atom is 0.258 e. The van der Waals surface area contributed by atoms with Crippen molar-refractivity contribution in [1.82, 2.24) is 19.7 Å². The van der Waals surface area contributed by atoms with Crippen molar-refractivity contribution in [3.63, 3.8) is 0 Å². The summed E-state index contributed by atoms with van der Waals surface area (Å²) in [6.07, 6.45) is 3.41. The maximum absolute atomic E-state index is 13.2. The summed E-state index contributed by atoms with van der Waals surface area (Å²) in [6.45, 7) is 9.27. The normalized spacial score (nSPS) is 13.7. The first kappa shape index (κ1) is 32.0. The monoisotopic (exact) mass is 622 g/mol. The second-order valence-electron chi connectivity index (χ2n) is 11.0. The van der Waals surface area contributed by atoms with Crippen LogP contribution in [0.4, 0.5) is 5.69 Å². The van der Waals surface area contributed by atoms with Crippen LogP contribution in [-0.4, -0.2) is 44.4 Å². The molecule has 2 aromatic heterocycles. The lowest BCUT2D eigenvalue weighted by molar-refractivity contribution is 0.102. The summed E-state index contributed by atoms with van der Waals surface area (Å²) in [5.74, 6) is -0.451. The smallest absolute Gasteiger partial charge is 0.258 e. The van der Waals surface area contributed by atoms with E-state index in [-0.39, 0.29) is 23.3 Å². The molecule has 9 heteroatoms. The Morgan fingerprint density at radius 3 is 2.18 bits per heavy atom. The van der Waals surface area contributed by atoms with Crippen molar-refractivity contribution in [2.24, 2.45) is 5.73 Å². The molecule has 1 aliphatic heterocycles. The molecule has 0 aliphatic carbocycles. The van der Waals surface area contributed by atoms with E-state index >= 15 is 0 Å². The number of hydrogen-bond acceptors (Lipinski definition) is 6. The third-order valence-electron chi connectivity index (χ3n) is 8.09. The molecule has 8 nitrogen and oxygen atoms in total. The number of amides is 1. The number of hydrogen-bond donors (Lipinski definition) is 2. The van der Waals surface area contributed by atoms with Crippen LogP contribution in [0.15, 0.2) is 85.1 Å². The van der Waals surface area contributed by atoms with E-state index in [0.29, 0.717) is 39.4 Å². The minimum absolute atomic E-state index is 0.0769. The lowest BCUT2D eigenvalue weighted by Crippen LogP contribution is -2.34.